The van der Waals surface area contributed by atoms with Crippen LogP contribution in [0.2, 0.25) is 5.02 Å². The lowest BCUT2D eigenvalue weighted by molar-refractivity contribution is 0.102. The standard InChI is InChI=1S/C17H20ClN5O4S/c1-3-6-28(25,26)23-10-4-5-14(18)12(7-10)17(24)22-11-8-13(16(20)27-2)15(19)21-9-11/h4-5,7-9,20,23H,3,6H2,1-2H3,(H2,19,21)(H,22,24). The van der Waals surface area contributed by atoms with Crippen molar-refractivity contribution in [2.75, 3.05) is 28.6 Å². The first-order valence-corrected chi connectivity index (χ1v) is 10.2. The summed E-state index contributed by atoms with van der Waals surface area (Å²) in [6, 6.07) is 5.67. The van der Waals surface area contributed by atoms with Gasteiger partial charge in [0.25, 0.3) is 5.91 Å². The largest absolute Gasteiger partial charge is 0.481 e. The molecule has 0 bridgehead atoms. The molecule has 0 unspecified atom stereocenters. The number of anilines is 3. The van der Waals surface area contributed by atoms with Crippen molar-refractivity contribution in [2.45, 2.75) is 13.3 Å². The highest BCUT2D eigenvalue weighted by Gasteiger charge is 2.16. The van der Waals surface area contributed by atoms with Gasteiger partial charge in [0.2, 0.25) is 15.9 Å². The number of hydrogen-bond donors (Lipinski definition) is 4. The molecule has 1 heterocycles. The van der Waals surface area contributed by atoms with Crippen LogP contribution < -0.4 is 15.8 Å². The van der Waals surface area contributed by atoms with E-state index in [4.69, 9.17) is 27.5 Å². The minimum absolute atomic E-state index is 0.0392. The van der Waals surface area contributed by atoms with Gasteiger partial charge in [0.15, 0.2) is 0 Å². The summed E-state index contributed by atoms with van der Waals surface area (Å²) in [5.74, 6) is -0.743. The Kier molecular flexibility index (Phi) is 6.81. The number of nitrogens with one attached hydrogen (secondary N) is 3. The summed E-state index contributed by atoms with van der Waals surface area (Å²) < 4.78 is 31.1. The number of ether oxygens (including phenoxy) is 1. The van der Waals surface area contributed by atoms with Gasteiger partial charge in [-0.3, -0.25) is 14.9 Å². The fraction of sp³-hybridized carbons (Fsp3) is 0.235. The SMILES string of the molecule is CCCS(=O)(=O)Nc1ccc(Cl)c(C(=O)Nc2cnc(N)c(C(=N)OC)c2)c1. The van der Waals surface area contributed by atoms with Crippen LogP contribution in [0.15, 0.2) is 30.5 Å². The number of nitrogens with zero attached hydrogens (tertiary/aromatic N) is 1. The Morgan fingerprint density at radius 2 is 1.96 bits per heavy atom. The molecule has 28 heavy (non-hydrogen) atoms. The molecule has 0 aliphatic heterocycles. The van der Waals surface area contributed by atoms with Crippen molar-refractivity contribution in [2.24, 2.45) is 0 Å². The molecule has 150 valence electrons. The molecule has 1 aromatic heterocycles. The third-order valence-corrected chi connectivity index (χ3v) is 5.40. The number of halogens is 1. The number of nitrogens with two attached hydrogens (primary N) is 1. The van der Waals surface area contributed by atoms with Crippen molar-refractivity contribution < 1.29 is 17.9 Å². The predicted molar refractivity (Wildman–Crippen MR) is 110 cm³/mol. The van der Waals surface area contributed by atoms with Crippen molar-refractivity contribution in [1.82, 2.24) is 4.98 Å². The number of hydrogen-bond acceptors (Lipinski definition) is 7. The van der Waals surface area contributed by atoms with Gasteiger partial charge in [0.1, 0.15) is 5.82 Å². The Morgan fingerprint density at radius 3 is 2.61 bits per heavy atom. The zero-order valence-corrected chi connectivity index (χ0v) is 16.8. The quantitative estimate of drug-likeness (QED) is 0.396. The van der Waals surface area contributed by atoms with Crippen LogP contribution in [0, 0.1) is 5.41 Å². The highest BCUT2D eigenvalue weighted by Crippen LogP contribution is 2.23. The molecule has 2 aromatic rings. The number of amides is 1. The lowest BCUT2D eigenvalue weighted by atomic mass is 10.1. The molecule has 1 amide bonds. The zero-order valence-electron chi connectivity index (χ0n) is 15.2. The number of rotatable bonds is 7. The number of benzene rings is 1. The molecule has 9 nitrogen and oxygen atoms in total. The molecule has 0 atom stereocenters. The highest BCUT2D eigenvalue weighted by molar-refractivity contribution is 7.92. The van der Waals surface area contributed by atoms with Crippen LogP contribution in [0.5, 0.6) is 0 Å². The predicted octanol–water partition coefficient (Wildman–Crippen LogP) is 2.69. The Bertz CT molecular complexity index is 1010. The summed E-state index contributed by atoms with van der Waals surface area (Å²) in [6.45, 7) is 1.75. The molecule has 0 aliphatic carbocycles. The van der Waals surface area contributed by atoms with Crippen molar-refractivity contribution >= 4 is 50.6 Å². The first-order valence-electron chi connectivity index (χ1n) is 8.16. The van der Waals surface area contributed by atoms with Gasteiger partial charge in [-0.25, -0.2) is 13.4 Å². The second-order valence-electron chi connectivity index (χ2n) is 5.76. The Labute approximate surface area is 167 Å². The maximum Gasteiger partial charge on any atom is 0.257 e. The van der Waals surface area contributed by atoms with E-state index in [1.54, 1.807) is 6.92 Å². The topological polar surface area (TPSA) is 147 Å². The molecule has 0 fully saturated rings. The summed E-state index contributed by atoms with van der Waals surface area (Å²) in [6.07, 6.45) is 1.78. The number of carbonyl (C=O) groups is 1. The average molecular weight is 426 g/mol. The number of carbonyl (C=O) groups excluding carboxylic acids is 1. The fourth-order valence-electron chi connectivity index (χ4n) is 2.30. The lowest BCUT2D eigenvalue weighted by Crippen LogP contribution is -2.18. The van der Waals surface area contributed by atoms with Gasteiger partial charge in [-0.15, -0.1) is 0 Å². The van der Waals surface area contributed by atoms with Crippen molar-refractivity contribution in [3.8, 4) is 0 Å². The van der Waals surface area contributed by atoms with Crippen LogP contribution in [0.25, 0.3) is 0 Å². The minimum Gasteiger partial charge on any atom is -0.481 e. The minimum atomic E-state index is -3.51. The molecule has 0 spiro atoms. The van der Waals surface area contributed by atoms with E-state index in [-0.39, 0.29) is 45.0 Å². The number of nitrogen functional groups attached to an aromatic ring is 1. The van der Waals surface area contributed by atoms with Crippen molar-refractivity contribution in [1.29, 1.82) is 5.41 Å². The molecule has 1 aromatic carbocycles. The van der Waals surface area contributed by atoms with Crippen LogP contribution in [0.1, 0.15) is 29.3 Å². The first kappa shape index (κ1) is 21.5. The maximum absolute atomic E-state index is 12.6. The first-order chi connectivity index (χ1) is 13.2. The van der Waals surface area contributed by atoms with E-state index >= 15 is 0 Å². The number of aromatic nitrogens is 1. The maximum atomic E-state index is 12.6. The second-order valence-corrected chi connectivity index (χ2v) is 8.01. The van der Waals surface area contributed by atoms with E-state index in [9.17, 15) is 13.2 Å². The molecule has 0 saturated carbocycles. The summed E-state index contributed by atoms with van der Waals surface area (Å²) in [7, 11) is -2.19. The van der Waals surface area contributed by atoms with E-state index in [0.717, 1.165) is 0 Å². The third kappa shape index (κ3) is 5.33. The molecular formula is C17H20ClN5O4S. The van der Waals surface area contributed by atoms with E-state index in [2.05, 4.69) is 15.0 Å². The summed E-state index contributed by atoms with van der Waals surface area (Å²) >= 11 is 6.09. The molecule has 0 radical (unpaired) electrons. The van der Waals surface area contributed by atoms with Crippen LogP contribution in [0.3, 0.4) is 0 Å². The summed E-state index contributed by atoms with van der Waals surface area (Å²) in [4.78, 5) is 16.5. The molecule has 11 heteroatoms. The van der Waals surface area contributed by atoms with E-state index in [0.29, 0.717) is 6.42 Å². The Morgan fingerprint density at radius 1 is 1.29 bits per heavy atom. The normalized spacial score (nSPS) is 11.0. The van der Waals surface area contributed by atoms with Gasteiger partial charge in [0.05, 0.1) is 40.9 Å². The van der Waals surface area contributed by atoms with Gasteiger partial charge >= 0.3 is 0 Å². The molecule has 2 rings (SSSR count). The van der Waals surface area contributed by atoms with Crippen molar-refractivity contribution in [3.63, 3.8) is 0 Å². The van der Waals surface area contributed by atoms with Crippen LogP contribution in [0.4, 0.5) is 17.2 Å². The van der Waals surface area contributed by atoms with Crippen LogP contribution in [-0.2, 0) is 14.8 Å². The van der Waals surface area contributed by atoms with E-state index < -0.39 is 15.9 Å². The Balaban J connectivity index is 2.27. The molecule has 5 N–H and O–H groups in total. The molecule has 0 saturated heterocycles. The van der Waals surface area contributed by atoms with Crippen LogP contribution >= 0.6 is 11.6 Å². The second kappa shape index (κ2) is 8.89. The third-order valence-electron chi connectivity index (χ3n) is 3.58. The average Bonchev–Trinajstić information content (AvgIpc) is 2.63. The summed E-state index contributed by atoms with van der Waals surface area (Å²) in [5.41, 5.74) is 6.48. The zero-order chi connectivity index (χ0) is 20.9. The van der Waals surface area contributed by atoms with E-state index in [1.807, 2.05) is 0 Å². The van der Waals surface area contributed by atoms with Gasteiger partial charge in [-0.2, -0.15) is 0 Å². The lowest BCUT2D eigenvalue weighted by Gasteiger charge is -2.12. The van der Waals surface area contributed by atoms with Gasteiger partial charge < -0.3 is 15.8 Å². The number of methoxy groups -OCH3 is 1. The van der Waals surface area contributed by atoms with Crippen LogP contribution in [-0.4, -0.2) is 38.1 Å². The summed E-state index contributed by atoms with van der Waals surface area (Å²) in [5, 5.41) is 10.4. The number of pyridine rings is 1. The van der Waals surface area contributed by atoms with Gasteiger partial charge in [-0.1, -0.05) is 18.5 Å². The molecular weight excluding hydrogens is 406 g/mol. The van der Waals surface area contributed by atoms with Gasteiger partial charge in [-0.05, 0) is 30.7 Å². The highest BCUT2D eigenvalue weighted by atomic mass is 35.5. The fourth-order valence-corrected chi connectivity index (χ4v) is 3.63. The van der Waals surface area contributed by atoms with E-state index in [1.165, 1.54) is 37.6 Å². The molecule has 0 aliphatic rings. The van der Waals surface area contributed by atoms with Gasteiger partial charge in [0, 0.05) is 5.69 Å². The van der Waals surface area contributed by atoms with Crippen molar-refractivity contribution in [3.05, 3.63) is 46.6 Å². The Hall–Kier alpha value is -2.85. The number of sulfonamides is 1. The smallest absolute Gasteiger partial charge is 0.257 e. The monoisotopic (exact) mass is 425 g/mol.